The molecule has 3 aromatic rings. The molecular formula is C13H9N5O. The second-order valence-corrected chi connectivity index (χ2v) is 3.80. The van der Waals surface area contributed by atoms with Gasteiger partial charge >= 0.3 is 0 Å². The Labute approximate surface area is 108 Å². The number of nitrogens with one attached hydrogen (secondary N) is 2. The largest absolute Gasteiger partial charge is 0.462 e. The van der Waals surface area contributed by atoms with E-state index >= 15 is 0 Å². The van der Waals surface area contributed by atoms with Crippen molar-refractivity contribution in [1.29, 1.82) is 5.26 Å². The summed E-state index contributed by atoms with van der Waals surface area (Å²) in [6.45, 7) is 0. The standard InChI is InChI=1S/C13H9N5O/c14-7-15-12-5-13(17-8-16-12)18-10-6-19-11-4-2-1-3-9(10)11/h1-6,8H,(H2,15,16,17,18). The number of rotatable bonds is 3. The first kappa shape index (κ1) is 11.0. The Hall–Kier alpha value is -3.07. The lowest BCUT2D eigenvalue weighted by Crippen LogP contribution is -1.97. The van der Waals surface area contributed by atoms with Crippen LogP contribution in [-0.4, -0.2) is 9.97 Å². The zero-order valence-electron chi connectivity index (χ0n) is 9.79. The van der Waals surface area contributed by atoms with Crippen molar-refractivity contribution in [3.05, 3.63) is 42.9 Å². The molecule has 0 spiro atoms. The molecule has 0 aliphatic rings. The highest BCUT2D eigenvalue weighted by Gasteiger charge is 2.06. The summed E-state index contributed by atoms with van der Waals surface area (Å²) in [4.78, 5) is 8.00. The summed E-state index contributed by atoms with van der Waals surface area (Å²) in [5.74, 6) is 1.02. The summed E-state index contributed by atoms with van der Waals surface area (Å²) in [5.41, 5.74) is 1.62. The number of benzene rings is 1. The first-order valence-electron chi connectivity index (χ1n) is 5.57. The number of para-hydroxylation sites is 1. The highest BCUT2D eigenvalue weighted by atomic mass is 16.3. The molecule has 2 aromatic heterocycles. The van der Waals surface area contributed by atoms with Crippen LogP contribution in [0.4, 0.5) is 17.3 Å². The highest BCUT2D eigenvalue weighted by molar-refractivity contribution is 5.92. The first-order chi connectivity index (χ1) is 9.36. The Kier molecular flexibility index (Phi) is 2.71. The third kappa shape index (κ3) is 2.17. The number of nitrogens with zero attached hydrogens (tertiary/aromatic N) is 3. The lowest BCUT2D eigenvalue weighted by molar-refractivity contribution is 0.617. The summed E-state index contributed by atoms with van der Waals surface area (Å²) in [7, 11) is 0. The van der Waals surface area contributed by atoms with Gasteiger partial charge in [0.15, 0.2) is 6.19 Å². The van der Waals surface area contributed by atoms with E-state index in [4.69, 9.17) is 9.68 Å². The normalized spacial score (nSPS) is 10.1. The van der Waals surface area contributed by atoms with E-state index in [1.807, 2.05) is 30.5 Å². The van der Waals surface area contributed by atoms with Gasteiger partial charge in [0.2, 0.25) is 0 Å². The van der Waals surface area contributed by atoms with Crippen LogP contribution >= 0.6 is 0 Å². The molecule has 0 radical (unpaired) electrons. The van der Waals surface area contributed by atoms with Gasteiger partial charge in [0.25, 0.3) is 0 Å². The molecule has 0 aliphatic heterocycles. The van der Waals surface area contributed by atoms with Gasteiger partial charge < -0.3 is 9.73 Å². The molecule has 6 nitrogen and oxygen atoms in total. The fraction of sp³-hybridized carbons (Fsp3) is 0. The van der Waals surface area contributed by atoms with E-state index in [-0.39, 0.29) is 0 Å². The van der Waals surface area contributed by atoms with Gasteiger partial charge in [-0.1, -0.05) is 12.1 Å². The summed E-state index contributed by atoms with van der Waals surface area (Å²) < 4.78 is 5.43. The molecule has 2 N–H and O–H groups in total. The van der Waals surface area contributed by atoms with Gasteiger partial charge in [0, 0.05) is 11.5 Å². The third-order valence-corrected chi connectivity index (χ3v) is 2.59. The monoisotopic (exact) mass is 251 g/mol. The second kappa shape index (κ2) is 4.66. The minimum atomic E-state index is 0.438. The van der Waals surface area contributed by atoms with Crippen molar-refractivity contribution in [2.75, 3.05) is 10.6 Å². The number of aromatic nitrogens is 2. The number of nitriles is 1. The van der Waals surface area contributed by atoms with E-state index < -0.39 is 0 Å². The zero-order valence-corrected chi connectivity index (χ0v) is 9.79. The predicted molar refractivity (Wildman–Crippen MR) is 70.8 cm³/mol. The summed E-state index contributed by atoms with van der Waals surface area (Å²) >= 11 is 0. The summed E-state index contributed by atoms with van der Waals surface area (Å²) in [5, 5.41) is 15.1. The van der Waals surface area contributed by atoms with E-state index in [1.165, 1.54) is 6.33 Å². The van der Waals surface area contributed by atoms with Gasteiger partial charge in [-0.25, -0.2) is 9.97 Å². The number of hydrogen-bond acceptors (Lipinski definition) is 6. The highest BCUT2D eigenvalue weighted by Crippen LogP contribution is 2.27. The molecule has 0 fully saturated rings. The average Bonchev–Trinajstić information content (AvgIpc) is 2.83. The Bertz CT molecular complexity index is 759. The molecule has 19 heavy (non-hydrogen) atoms. The van der Waals surface area contributed by atoms with Crippen LogP contribution in [0.2, 0.25) is 0 Å². The molecule has 2 heterocycles. The van der Waals surface area contributed by atoms with Crippen molar-refractivity contribution in [3.63, 3.8) is 0 Å². The minimum Gasteiger partial charge on any atom is -0.462 e. The van der Waals surface area contributed by atoms with E-state index in [0.717, 1.165) is 16.7 Å². The Morgan fingerprint density at radius 2 is 2.00 bits per heavy atom. The van der Waals surface area contributed by atoms with Crippen LogP contribution in [0.3, 0.4) is 0 Å². The molecule has 92 valence electrons. The van der Waals surface area contributed by atoms with Crippen molar-refractivity contribution in [1.82, 2.24) is 9.97 Å². The minimum absolute atomic E-state index is 0.438. The van der Waals surface area contributed by atoms with Crippen LogP contribution in [0.5, 0.6) is 0 Å². The second-order valence-electron chi connectivity index (χ2n) is 3.80. The lowest BCUT2D eigenvalue weighted by Gasteiger charge is -2.03. The van der Waals surface area contributed by atoms with E-state index in [9.17, 15) is 0 Å². The quantitative estimate of drug-likeness (QED) is 0.549. The molecule has 0 bridgehead atoms. The van der Waals surface area contributed by atoms with Crippen LogP contribution in [0.25, 0.3) is 11.0 Å². The maximum atomic E-state index is 8.55. The molecule has 0 aliphatic carbocycles. The smallest absolute Gasteiger partial charge is 0.182 e. The van der Waals surface area contributed by atoms with E-state index in [2.05, 4.69) is 20.6 Å². The summed E-state index contributed by atoms with van der Waals surface area (Å²) in [6, 6.07) is 9.34. The van der Waals surface area contributed by atoms with Crippen molar-refractivity contribution >= 4 is 28.3 Å². The number of fused-ring (bicyclic) bond motifs is 1. The van der Waals surface area contributed by atoms with Crippen molar-refractivity contribution < 1.29 is 4.42 Å². The molecule has 1 aromatic carbocycles. The average molecular weight is 251 g/mol. The maximum absolute atomic E-state index is 8.55. The van der Waals surface area contributed by atoms with Gasteiger partial charge in [-0.3, -0.25) is 5.32 Å². The maximum Gasteiger partial charge on any atom is 0.182 e. The van der Waals surface area contributed by atoms with Gasteiger partial charge in [0.1, 0.15) is 29.8 Å². The molecule has 6 heteroatoms. The number of hydrogen-bond donors (Lipinski definition) is 2. The van der Waals surface area contributed by atoms with Crippen LogP contribution in [0.15, 0.2) is 47.3 Å². The first-order valence-corrected chi connectivity index (χ1v) is 5.57. The molecule has 3 rings (SSSR count). The van der Waals surface area contributed by atoms with Crippen LogP contribution in [0.1, 0.15) is 0 Å². The summed E-state index contributed by atoms with van der Waals surface area (Å²) in [6.07, 6.45) is 4.82. The Morgan fingerprint density at radius 1 is 1.16 bits per heavy atom. The molecule has 0 saturated heterocycles. The zero-order chi connectivity index (χ0) is 13.1. The fourth-order valence-electron chi connectivity index (χ4n) is 1.76. The number of anilines is 3. The van der Waals surface area contributed by atoms with Gasteiger partial charge in [-0.15, -0.1) is 0 Å². The molecule has 0 atom stereocenters. The van der Waals surface area contributed by atoms with Crippen molar-refractivity contribution in [3.8, 4) is 6.19 Å². The lowest BCUT2D eigenvalue weighted by atomic mass is 10.2. The van der Waals surface area contributed by atoms with Crippen LogP contribution in [0, 0.1) is 11.5 Å². The third-order valence-electron chi connectivity index (χ3n) is 2.59. The molecule has 0 amide bonds. The Morgan fingerprint density at radius 3 is 2.89 bits per heavy atom. The molecule has 0 unspecified atom stereocenters. The topological polar surface area (TPSA) is 86.8 Å². The van der Waals surface area contributed by atoms with E-state index in [1.54, 1.807) is 12.3 Å². The predicted octanol–water partition coefficient (Wildman–Crippen LogP) is 2.86. The van der Waals surface area contributed by atoms with Crippen molar-refractivity contribution in [2.45, 2.75) is 0 Å². The van der Waals surface area contributed by atoms with Crippen molar-refractivity contribution in [2.24, 2.45) is 0 Å². The molecule has 0 saturated carbocycles. The Balaban J connectivity index is 1.93. The van der Waals surface area contributed by atoms with E-state index in [0.29, 0.717) is 11.6 Å². The van der Waals surface area contributed by atoms with Crippen LogP contribution < -0.4 is 10.6 Å². The SMILES string of the molecule is N#CNc1cc(Nc2coc3ccccc23)ncn1. The molecular weight excluding hydrogens is 242 g/mol. The van der Waals surface area contributed by atoms with Gasteiger partial charge in [-0.05, 0) is 12.1 Å². The number of furan rings is 1. The van der Waals surface area contributed by atoms with Gasteiger partial charge in [-0.2, -0.15) is 5.26 Å². The van der Waals surface area contributed by atoms with Crippen LogP contribution in [-0.2, 0) is 0 Å². The fourth-order valence-corrected chi connectivity index (χ4v) is 1.76. The van der Waals surface area contributed by atoms with Gasteiger partial charge in [0.05, 0.1) is 5.69 Å².